The van der Waals surface area contributed by atoms with Crippen molar-refractivity contribution in [1.29, 1.82) is 0 Å². The number of fused-ring (bicyclic) bond motifs is 3. The third kappa shape index (κ3) is 4.45. The minimum atomic E-state index is -1.17. The largest absolute Gasteiger partial charge is 0.482 e. The smallest absolute Gasteiger partial charge is 0.414 e. The monoisotopic (exact) mass is 523 g/mol. The molecular weight excluding hydrogens is 497 g/mol. The molecule has 3 aliphatic heterocycles. The molecule has 0 aliphatic carbocycles. The van der Waals surface area contributed by atoms with Crippen molar-refractivity contribution in [3.05, 3.63) is 47.9 Å². The number of likely N-dealkylation sites (tertiary alicyclic amines) is 1. The van der Waals surface area contributed by atoms with E-state index >= 15 is 0 Å². The molecule has 2 fully saturated rings. The Morgan fingerprint density at radius 3 is 2.97 bits per heavy atom. The lowest BCUT2D eigenvalue weighted by Crippen LogP contribution is -2.56. The summed E-state index contributed by atoms with van der Waals surface area (Å²) in [5.41, 5.74) is 1.89. The third-order valence-corrected chi connectivity index (χ3v) is 7.23. The van der Waals surface area contributed by atoms with Crippen molar-refractivity contribution in [1.82, 2.24) is 14.9 Å². The Kier molecular flexibility index (Phi) is 6.20. The Labute approximate surface area is 217 Å². The van der Waals surface area contributed by atoms with Crippen LogP contribution in [0.2, 0.25) is 0 Å². The van der Waals surface area contributed by atoms with Gasteiger partial charge in [0.2, 0.25) is 5.88 Å². The number of β-amino-alcohol motifs (C(OH)–C–C–N with tert-alkyl or cyclic N) is 1. The summed E-state index contributed by atoms with van der Waals surface area (Å²) in [6.07, 6.45) is -0.216. The van der Waals surface area contributed by atoms with Crippen LogP contribution in [0.25, 0.3) is 11.0 Å². The van der Waals surface area contributed by atoms with E-state index in [4.69, 9.17) is 14.2 Å². The number of hydrogen-bond donors (Lipinski definition) is 2. The Bertz CT molecular complexity index is 1420. The fraction of sp³-hybridized carbons (Fsp3) is 0.385. The maximum absolute atomic E-state index is 14.8. The summed E-state index contributed by atoms with van der Waals surface area (Å²) in [5, 5.41) is 13.8. The second-order valence-corrected chi connectivity index (χ2v) is 9.62. The first-order chi connectivity index (χ1) is 18.4. The minimum absolute atomic E-state index is 0.0399. The van der Waals surface area contributed by atoms with Crippen LogP contribution in [0.5, 0.6) is 11.6 Å². The summed E-state index contributed by atoms with van der Waals surface area (Å²) in [7, 11) is 1.46. The van der Waals surface area contributed by atoms with E-state index in [-0.39, 0.29) is 42.2 Å². The van der Waals surface area contributed by atoms with Crippen molar-refractivity contribution in [2.45, 2.75) is 18.6 Å². The van der Waals surface area contributed by atoms with E-state index in [0.717, 1.165) is 12.6 Å². The molecule has 6 rings (SSSR count). The molecule has 2 amide bonds. The average molecular weight is 524 g/mol. The zero-order valence-corrected chi connectivity index (χ0v) is 20.6. The van der Waals surface area contributed by atoms with E-state index in [0.29, 0.717) is 48.2 Å². The molecule has 1 aromatic carbocycles. The van der Waals surface area contributed by atoms with Gasteiger partial charge in [-0.15, -0.1) is 0 Å². The summed E-state index contributed by atoms with van der Waals surface area (Å²) in [5.74, 6) is 0.0293. The number of anilines is 2. The minimum Gasteiger partial charge on any atom is -0.482 e. The zero-order chi connectivity index (χ0) is 26.4. The summed E-state index contributed by atoms with van der Waals surface area (Å²) in [6.45, 7) is 1.61. The number of benzene rings is 1. The van der Waals surface area contributed by atoms with Crippen LogP contribution in [0.4, 0.5) is 20.6 Å². The third-order valence-electron chi connectivity index (χ3n) is 7.23. The van der Waals surface area contributed by atoms with Crippen LogP contribution in [0, 0.1) is 11.7 Å². The highest BCUT2D eigenvalue weighted by Crippen LogP contribution is 2.36. The van der Waals surface area contributed by atoms with Gasteiger partial charge in [-0.05, 0) is 37.2 Å². The van der Waals surface area contributed by atoms with Crippen molar-refractivity contribution in [2.75, 3.05) is 50.1 Å². The lowest BCUT2D eigenvalue weighted by atomic mass is 9.91. The molecular formula is C26H26FN5O6. The van der Waals surface area contributed by atoms with Crippen molar-refractivity contribution in [3.8, 4) is 11.6 Å². The van der Waals surface area contributed by atoms with Crippen LogP contribution in [0.3, 0.4) is 0 Å². The van der Waals surface area contributed by atoms with Gasteiger partial charge < -0.3 is 24.6 Å². The van der Waals surface area contributed by atoms with Gasteiger partial charge >= 0.3 is 6.09 Å². The highest BCUT2D eigenvalue weighted by atomic mass is 19.1. The van der Waals surface area contributed by atoms with Gasteiger partial charge in [0.05, 0.1) is 30.6 Å². The summed E-state index contributed by atoms with van der Waals surface area (Å²) in [4.78, 5) is 36.5. The van der Waals surface area contributed by atoms with Crippen LogP contribution < -0.4 is 19.7 Å². The van der Waals surface area contributed by atoms with Crippen LogP contribution in [0.15, 0.2) is 36.5 Å². The molecule has 12 heteroatoms. The van der Waals surface area contributed by atoms with Gasteiger partial charge in [-0.25, -0.2) is 14.2 Å². The second kappa shape index (κ2) is 9.69. The number of halogens is 1. The maximum atomic E-state index is 14.8. The summed E-state index contributed by atoms with van der Waals surface area (Å²) < 4.78 is 31.1. The predicted molar refractivity (Wildman–Crippen MR) is 134 cm³/mol. The van der Waals surface area contributed by atoms with E-state index in [1.165, 1.54) is 7.11 Å². The van der Waals surface area contributed by atoms with Crippen LogP contribution >= 0.6 is 0 Å². The van der Waals surface area contributed by atoms with Gasteiger partial charge in [0.1, 0.15) is 23.2 Å². The molecule has 2 saturated heterocycles. The highest BCUT2D eigenvalue weighted by Gasteiger charge is 2.40. The number of methoxy groups -OCH3 is 1. The molecule has 1 unspecified atom stereocenters. The first-order valence-electron chi connectivity index (χ1n) is 12.3. The Morgan fingerprint density at radius 1 is 1.26 bits per heavy atom. The number of nitrogens with one attached hydrogen (secondary N) is 1. The van der Waals surface area contributed by atoms with Gasteiger partial charge in [0, 0.05) is 42.9 Å². The van der Waals surface area contributed by atoms with Crippen molar-refractivity contribution < 1.29 is 33.3 Å². The van der Waals surface area contributed by atoms with Crippen molar-refractivity contribution in [3.63, 3.8) is 0 Å². The lowest BCUT2D eigenvalue weighted by molar-refractivity contribution is -0.118. The van der Waals surface area contributed by atoms with E-state index in [1.807, 2.05) is 4.90 Å². The first-order valence-corrected chi connectivity index (χ1v) is 12.3. The Morgan fingerprint density at radius 2 is 2.13 bits per heavy atom. The van der Waals surface area contributed by atoms with E-state index in [9.17, 15) is 19.1 Å². The number of carbonyl (C=O) groups is 2. The van der Waals surface area contributed by atoms with E-state index in [2.05, 4.69) is 15.3 Å². The van der Waals surface area contributed by atoms with Gasteiger partial charge in [0.15, 0.2) is 6.61 Å². The van der Waals surface area contributed by atoms with Crippen molar-refractivity contribution >= 4 is 34.4 Å². The maximum Gasteiger partial charge on any atom is 0.414 e. The number of carbonyl (C=O) groups excluding carboxylic acids is 2. The van der Waals surface area contributed by atoms with Gasteiger partial charge in [0.25, 0.3) is 5.91 Å². The number of piperidine rings is 1. The molecule has 11 nitrogen and oxygen atoms in total. The molecule has 5 heterocycles. The summed E-state index contributed by atoms with van der Waals surface area (Å²) >= 11 is 0. The number of rotatable bonds is 5. The zero-order valence-electron chi connectivity index (χ0n) is 20.6. The fourth-order valence-electron chi connectivity index (χ4n) is 5.30. The van der Waals surface area contributed by atoms with Gasteiger partial charge in [-0.1, -0.05) is 0 Å². The normalized spacial score (nSPS) is 22.1. The van der Waals surface area contributed by atoms with Crippen LogP contribution in [-0.2, 0) is 9.53 Å². The Balaban J connectivity index is 1.14. The molecule has 3 aromatic rings. The Hall–Kier alpha value is -4.03. The van der Waals surface area contributed by atoms with E-state index in [1.54, 1.807) is 35.2 Å². The molecule has 0 saturated carbocycles. The standard InChI is InChI=1S/C26H26FN5O6/c1-36-23-5-3-17-25(30-23)24(16(27)9-28-17)19(33)11-31-7-6-14-10-32(26(35)38-21(14)12-31)15-2-4-20-18(8-15)29-22(34)13-37-20/h2-5,8-9,14,19,21,33H,6-7,10-13H2,1H3,(H,29,34)/t14-,19?,21+/m1/s1. The number of aliphatic hydroxyl groups is 1. The highest BCUT2D eigenvalue weighted by molar-refractivity contribution is 5.97. The number of pyridine rings is 2. The van der Waals surface area contributed by atoms with Gasteiger partial charge in [-0.3, -0.25) is 19.6 Å². The molecule has 3 atom stereocenters. The first kappa shape index (κ1) is 24.3. The molecule has 0 bridgehead atoms. The molecule has 198 valence electrons. The molecule has 2 aromatic heterocycles. The van der Waals surface area contributed by atoms with Crippen LogP contribution in [-0.4, -0.2) is 78.0 Å². The number of nitrogens with zero attached hydrogens (tertiary/aromatic N) is 4. The average Bonchev–Trinajstić information content (AvgIpc) is 2.91. The number of hydrogen-bond acceptors (Lipinski definition) is 9. The molecule has 3 aliphatic rings. The summed E-state index contributed by atoms with van der Waals surface area (Å²) in [6, 6.07) is 8.48. The molecule has 2 N–H and O–H groups in total. The molecule has 0 radical (unpaired) electrons. The van der Waals surface area contributed by atoms with E-state index < -0.39 is 18.0 Å². The topological polar surface area (TPSA) is 126 Å². The van der Waals surface area contributed by atoms with Crippen LogP contribution in [0.1, 0.15) is 18.1 Å². The molecule has 38 heavy (non-hydrogen) atoms. The SMILES string of the molecule is COc1ccc2ncc(F)c(C(O)CN3CC[C@@H]4CN(c5ccc6c(c5)NC(=O)CO6)C(=O)O[C@H]4C3)c2n1. The number of aromatic nitrogens is 2. The van der Waals surface area contributed by atoms with Gasteiger partial charge in [-0.2, -0.15) is 0 Å². The fourth-order valence-corrected chi connectivity index (χ4v) is 5.30. The predicted octanol–water partition coefficient (Wildman–Crippen LogP) is 2.49. The number of ether oxygens (including phenoxy) is 3. The number of amides is 2. The quantitative estimate of drug-likeness (QED) is 0.519. The lowest BCUT2D eigenvalue weighted by Gasteiger charge is -2.44. The number of aliphatic hydroxyl groups excluding tert-OH is 1. The molecule has 0 spiro atoms. The second-order valence-electron chi connectivity index (χ2n) is 9.62. The van der Waals surface area contributed by atoms with Crippen molar-refractivity contribution in [2.24, 2.45) is 5.92 Å².